The van der Waals surface area contributed by atoms with Gasteiger partial charge in [0.1, 0.15) is 5.69 Å². The molecule has 1 aromatic heterocycles. The molecule has 1 fully saturated rings. The Morgan fingerprint density at radius 3 is 3.12 bits per heavy atom. The monoisotopic (exact) mass is 255 g/mol. The van der Waals surface area contributed by atoms with Crippen molar-refractivity contribution in [1.82, 2.24) is 9.88 Å². The lowest BCUT2D eigenvalue weighted by atomic mass is 10.1. The fourth-order valence-electron chi connectivity index (χ4n) is 1.92. The molecule has 94 valence electrons. The molecule has 0 radical (unpaired) electrons. The third kappa shape index (κ3) is 3.17. The zero-order chi connectivity index (χ0) is 12.3. The van der Waals surface area contributed by atoms with E-state index < -0.39 is 0 Å². The van der Waals surface area contributed by atoms with Crippen LogP contribution in [0.1, 0.15) is 29.8 Å². The second-order valence-corrected chi connectivity index (χ2v) is 5.13. The maximum absolute atomic E-state index is 12.0. The van der Waals surface area contributed by atoms with Crippen LogP contribution in [0.2, 0.25) is 0 Å². The Kier molecular flexibility index (Phi) is 3.96. The van der Waals surface area contributed by atoms with E-state index in [9.17, 15) is 4.79 Å². The molecule has 1 aliphatic heterocycles. The Labute approximate surface area is 105 Å². The van der Waals surface area contributed by atoms with E-state index in [2.05, 4.69) is 4.98 Å². The summed E-state index contributed by atoms with van der Waals surface area (Å²) in [4.78, 5) is 17.6. The van der Waals surface area contributed by atoms with Crippen LogP contribution >= 0.6 is 11.3 Å². The van der Waals surface area contributed by atoms with Gasteiger partial charge in [0.2, 0.25) is 0 Å². The van der Waals surface area contributed by atoms with Crippen LogP contribution in [0.25, 0.3) is 0 Å². The highest BCUT2D eigenvalue weighted by Crippen LogP contribution is 2.16. The van der Waals surface area contributed by atoms with Gasteiger partial charge in [0.25, 0.3) is 5.91 Å². The van der Waals surface area contributed by atoms with E-state index in [-0.39, 0.29) is 12.0 Å². The molecular weight excluding hydrogens is 238 g/mol. The first kappa shape index (κ1) is 12.3. The molecule has 0 bridgehead atoms. The van der Waals surface area contributed by atoms with Gasteiger partial charge in [-0.1, -0.05) is 0 Å². The summed E-state index contributed by atoms with van der Waals surface area (Å²) in [5, 5.41) is 2.12. The highest BCUT2D eigenvalue weighted by molar-refractivity contribution is 7.13. The number of nitrogens with two attached hydrogens (primary N) is 1. The number of carbonyl (C=O) groups is 1. The van der Waals surface area contributed by atoms with E-state index >= 15 is 0 Å². The highest BCUT2D eigenvalue weighted by atomic mass is 32.1. The number of hydrogen-bond acceptors (Lipinski definition) is 5. The summed E-state index contributed by atoms with van der Waals surface area (Å²) in [5.41, 5.74) is 5.93. The van der Waals surface area contributed by atoms with Crippen molar-refractivity contribution in [3.8, 4) is 0 Å². The number of carbonyl (C=O) groups excluding carboxylic acids is 1. The molecular formula is C11H17N3O2S. The first-order valence-electron chi connectivity index (χ1n) is 5.75. The molecule has 0 saturated carbocycles. The minimum absolute atomic E-state index is 0.0906. The van der Waals surface area contributed by atoms with E-state index in [1.54, 1.807) is 17.3 Å². The second-order valence-electron chi connectivity index (χ2n) is 4.25. The van der Waals surface area contributed by atoms with Crippen molar-refractivity contribution >= 4 is 22.4 Å². The van der Waals surface area contributed by atoms with Crippen molar-refractivity contribution in [2.45, 2.75) is 25.4 Å². The van der Waals surface area contributed by atoms with Gasteiger partial charge in [0.15, 0.2) is 5.13 Å². The topological polar surface area (TPSA) is 68.5 Å². The van der Waals surface area contributed by atoms with Crippen molar-refractivity contribution in [3.63, 3.8) is 0 Å². The smallest absolute Gasteiger partial charge is 0.273 e. The molecule has 1 aliphatic rings. The summed E-state index contributed by atoms with van der Waals surface area (Å²) in [6, 6.07) is 0. The van der Waals surface area contributed by atoms with Gasteiger partial charge in [-0.3, -0.25) is 4.79 Å². The van der Waals surface area contributed by atoms with Crippen LogP contribution in [0.5, 0.6) is 0 Å². The molecule has 1 amide bonds. The lowest BCUT2D eigenvalue weighted by Crippen LogP contribution is -2.37. The molecule has 0 aromatic carbocycles. The van der Waals surface area contributed by atoms with Crippen LogP contribution in [0.15, 0.2) is 5.38 Å². The largest absolute Gasteiger partial charge is 0.376 e. The Morgan fingerprint density at radius 1 is 1.71 bits per heavy atom. The number of ether oxygens (including phenoxy) is 1. The van der Waals surface area contributed by atoms with Gasteiger partial charge in [-0.25, -0.2) is 4.98 Å². The average molecular weight is 255 g/mol. The van der Waals surface area contributed by atoms with Crippen LogP contribution in [-0.4, -0.2) is 42.1 Å². The van der Waals surface area contributed by atoms with E-state index in [0.717, 1.165) is 19.4 Å². The van der Waals surface area contributed by atoms with Crippen LogP contribution in [0.3, 0.4) is 0 Å². The number of amides is 1. The number of anilines is 1. The quantitative estimate of drug-likeness (QED) is 0.885. The number of rotatable bonds is 3. The van der Waals surface area contributed by atoms with Gasteiger partial charge >= 0.3 is 0 Å². The summed E-state index contributed by atoms with van der Waals surface area (Å²) in [7, 11) is 1.77. The molecule has 1 atom stereocenters. The maximum atomic E-state index is 12.0. The maximum Gasteiger partial charge on any atom is 0.273 e. The van der Waals surface area contributed by atoms with Gasteiger partial charge in [0, 0.05) is 25.6 Å². The Bertz CT molecular complexity index is 388. The predicted molar refractivity (Wildman–Crippen MR) is 67.1 cm³/mol. The summed E-state index contributed by atoms with van der Waals surface area (Å²) in [6.07, 6.45) is 3.48. The summed E-state index contributed by atoms with van der Waals surface area (Å²) in [6.45, 7) is 1.42. The predicted octanol–water partition coefficient (Wildman–Crippen LogP) is 1.37. The lowest BCUT2D eigenvalue weighted by Gasteiger charge is -2.27. The molecule has 1 saturated heterocycles. The number of nitrogens with zero attached hydrogens (tertiary/aromatic N) is 2. The van der Waals surface area contributed by atoms with Crippen LogP contribution < -0.4 is 5.73 Å². The number of nitrogen functional groups attached to an aromatic ring is 1. The molecule has 1 unspecified atom stereocenters. The minimum Gasteiger partial charge on any atom is -0.376 e. The van der Waals surface area contributed by atoms with Gasteiger partial charge in [-0.05, 0) is 19.3 Å². The number of thiazole rings is 1. The molecule has 1 aromatic rings. The highest BCUT2D eigenvalue weighted by Gasteiger charge is 2.20. The summed E-state index contributed by atoms with van der Waals surface area (Å²) < 4.78 is 5.60. The van der Waals surface area contributed by atoms with Crippen molar-refractivity contribution in [2.24, 2.45) is 0 Å². The first-order valence-corrected chi connectivity index (χ1v) is 6.63. The van der Waals surface area contributed by atoms with Crippen molar-refractivity contribution in [2.75, 3.05) is 25.9 Å². The third-order valence-electron chi connectivity index (χ3n) is 2.84. The Morgan fingerprint density at radius 2 is 2.53 bits per heavy atom. The Balaban J connectivity index is 1.90. The van der Waals surface area contributed by atoms with Gasteiger partial charge in [-0.2, -0.15) is 0 Å². The van der Waals surface area contributed by atoms with Crippen molar-refractivity contribution < 1.29 is 9.53 Å². The van der Waals surface area contributed by atoms with Crippen LogP contribution in [-0.2, 0) is 4.74 Å². The second kappa shape index (κ2) is 5.46. The molecule has 5 nitrogen and oxygen atoms in total. The van der Waals surface area contributed by atoms with E-state index in [0.29, 0.717) is 17.4 Å². The van der Waals surface area contributed by atoms with Crippen molar-refractivity contribution in [1.29, 1.82) is 0 Å². The SMILES string of the molecule is CN(CC1CCCCO1)C(=O)c1csc(N)n1. The fraction of sp³-hybridized carbons (Fsp3) is 0.636. The average Bonchev–Trinajstić information content (AvgIpc) is 2.76. The Hall–Kier alpha value is -1.14. The summed E-state index contributed by atoms with van der Waals surface area (Å²) >= 11 is 1.28. The third-order valence-corrected chi connectivity index (χ3v) is 3.51. The number of likely N-dealkylation sites (N-methyl/N-ethyl adjacent to an activating group) is 1. The summed E-state index contributed by atoms with van der Waals surface area (Å²) in [5.74, 6) is -0.0906. The van der Waals surface area contributed by atoms with E-state index in [1.165, 1.54) is 17.8 Å². The standard InChI is InChI=1S/C11H17N3O2S/c1-14(6-8-4-2-3-5-16-8)10(15)9-7-17-11(12)13-9/h7-8H,2-6H2,1H3,(H2,12,13). The molecule has 2 N–H and O–H groups in total. The van der Waals surface area contributed by atoms with Crippen LogP contribution in [0.4, 0.5) is 5.13 Å². The van der Waals surface area contributed by atoms with Gasteiger partial charge in [-0.15, -0.1) is 11.3 Å². The van der Waals surface area contributed by atoms with E-state index in [1.807, 2.05) is 0 Å². The lowest BCUT2D eigenvalue weighted by molar-refractivity contribution is -0.000272. The molecule has 2 rings (SSSR count). The first-order chi connectivity index (χ1) is 8.16. The fourth-order valence-corrected chi connectivity index (χ4v) is 2.46. The number of aromatic nitrogens is 1. The van der Waals surface area contributed by atoms with Gasteiger partial charge in [0.05, 0.1) is 6.10 Å². The minimum atomic E-state index is -0.0906. The molecule has 17 heavy (non-hydrogen) atoms. The van der Waals surface area contributed by atoms with Crippen LogP contribution in [0, 0.1) is 0 Å². The van der Waals surface area contributed by atoms with E-state index in [4.69, 9.17) is 10.5 Å². The zero-order valence-electron chi connectivity index (χ0n) is 9.89. The van der Waals surface area contributed by atoms with Crippen molar-refractivity contribution in [3.05, 3.63) is 11.1 Å². The molecule has 0 spiro atoms. The molecule has 6 heteroatoms. The molecule has 2 heterocycles. The number of hydrogen-bond donors (Lipinski definition) is 1. The van der Waals surface area contributed by atoms with Gasteiger partial charge < -0.3 is 15.4 Å². The molecule has 0 aliphatic carbocycles. The normalized spacial score (nSPS) is 20.2. The zero-order valence-corrected chi connectivity index (χ0v) is 10.7.